The highest BCUT2D eigenvalue weighted by atomic mass is 35.5. The second-order valence-electron chi connectivity index (χ2n) is 4.20. The lowest BCUT2D eigenvalue weighted by molar-refractivity contribution is 0.0982. The van der Waals surface area contributed by atoms with Crippen molar-refractivity contribution in [1.82, 2.24) is 4.98 Å². The lowest BCUT2D eigenvalue weighted by atomic mass is 10.0. The number of Topliss-reactive ketones (excluding diaryl/α,β-unsaturated/α-hetero) is 1. The summed E-state index contributed by atoms with van der Waals surface area (Å²) in [5.74, 6) is 0.0504. The van der Waals surface area contributed by atoms with E-state index in [2.05, 4.69) is 4.98 Å². The number of carbonyl (C=O) groups is 1. The molecule has 2 rings (SSSR count). The quantitative estimate of drug-likeness (QED) is 0.616. The van der Waals surface area contributed by atoms with Gasteiger partial charge in [0.2, 0.25) is 0 Å². The number of aromatic nitrogens is 1. The van der Waals surface area contributed by atoms with E-state index in [4.69, 9.17) is 11.6 Å². The van der Waals surface area contributed by atoms with Crippen LogP contribution in [-0.4, -0.2) is 10.8 Å². The van der Waals surface area contributed by atoms with Gasteiger partial charge in [-0.2, -0.15) is 0 Å². The first-order chi connectivity index (χ1) is 8.68. The molecule has 0 aliphatic heterocycles. The summed E-state index contributed by atoms with van der Waals surface area (Å²) in [7, 11) is 0. The van der Waals surface area contributed by atoms with Gasteiger partial charge in [-0.1, -0.05) is 41.9 Å². The highest BCUT2D eigenvalue weighted by molar-refractivity contribution is 6.33. The molecule has 92 valence electrons. The van der Waals surface area contributed by atoms with E-state index in [1.54, 1.807) is 6.20 Å². The van der Waals surface area contributed by atoms with Crippen LogP contribution in [0, 0.1) is 6.92 Å². The first-order valence-electron chi connectivity index (χ1n) is 5.86. The van der Waals surface area contributed by atoms with Crippen molar-refractivity contribution in [2.24, 2.45) is 0 Å². The Morgan fingerprint density at radius 1 is 1.22 bits per heavy atom. The molecule has 18 heavy (non-hydrogen) atoms. The van der Waals surface area contributed by atoms with Gasteiger partial charge in [-0.15, -0.1) is 0 Å². The molecule has 0 radical (unpaired) electrons. The first-order valence-corrected chi connectivity index (χ1v) is 6.24. The van der Waals surface area contributed by atoms with Crippen LogP contribution < -0.4 is 0 Å². The predicted molar refractivity (Wildman–Crippen MR) is 73.1 cm³/mol. The zero-order valence-corrected chi connectivity index (χ0v) is 10.9. The number of ketones is 1. The van der Waals surface area contributed by atoms with Crippen molar-refractivity contribution in [1.29, 1.82) is 0 Å². The molecule has 0 bridgehead atoms. The van der Waals surface area contributed by atoms with Crippen molar-refractivity contribution < 1.29 is 4.79 Å². The molecule has 0 amide bonds. The van der Waals surface area contributed by atoms with Crippen LogP contribution in [-0.2, 0) is 6.42 Å². The highest BCUT2D eigenvalue weighted by Crippen LogP contribution is 2.19. The molecule has 0 unspecified atom stereocenters. The summed E-state index contributed by atoms with van der Waals surface area (Å²) in [6.45, 7) is 1.88. The maximum Gasteiger partial charge on any atom is 0.166 e. The normalized spacial score (nSPS) is 10.3. The highest BCUT2D eigenvalue weighted by Gasteiger charge is 2.13. The lowest BCUT2D eigenvalue weighted by Crippen LogP contribution is -2.05. The Labute approximate surface area is 112 Å². The minimum absolute atomic E-state index is 0.0504. The Kier molecular flexibility index (Phi) is 4.11. The number of hydrogen-bond acceptors (Lipinski definition) is 2. The maximum absolute atomic E-state index is 12.1. The van der Waals surface area contributed by atoms with Crippen molar-refractivity contribution in [2.75, 3.05) is 0 Å². The molecule has 0 saturated carbocycles. The molecular formula is C15H14ClNO. The van der Waals surface area contributed by atoms with E-state index in [1.165, 1.54) is 0 Å². The van der Waals surface area contributed by atoms with Gasteiger partial charge in [0.05, 0.1) is 5.56 Å². The van der Waals surface area contributed by atoms with Crippen LogP contribution in [0.25, 0.3) is 0 Å². The molecule has 1 heterocycles. The Morgan fingerprint density at radius 3 is 2.61 bits per heavy atom. The van der Waals surface area contributed by atoms with Gasteiger partial charge in [-0.25, -0.2) is 4.98 Å². The van der Waals surface area contributed by atoms with Crippen molar-refractivity contribution in [3.8, 4) is 0 Å². The van der Waals surface area contributed by atoms with Crippen LogP contribution in [0.15, 0.2) is 42.6 Å². The molecule has 0 aliphatic rings. The van der Waals surface area contributed by atoms with E-state index in [1.807, 2.05) is 43.3 Å². The minimum Gasteiger partial charge on any atom is -0.294 e. The maximum atomic E-state index is 12.1. The number of benzene rings is 1. The predicted octanol–water partition coefficient (Wildman–Crippen LogP) is 3.86. The van der Waals surface area contributed by atoms with Gasteiger partial charge in [0.1, 0.15) is 5.15 Å². The minimum atomic E-state index is 0.0504. The van der Waals surface area contributed by atoms with Crippen molar-refractivity contribution >= 4 is 17.4 Å². The molecule has 1 aromatic carbocycles. The summed E-state index contributed by atoms with van der Waals surface area (Å²) in [5.41, 5.74) is 2.59. The molecule has 1 aromatic heterocycles. The topological polar surface area (TPSA) is 30.0 Å². The average molecular weight is 260 g/mol. The number of rotatable bonds is 4. The zero-order chi connectivity index (χ0) is 13.0. The van der Waals surface area contributed by atoms with Crippen molar-refractivity contribution in [3.05, 3.63) is 64.4 Å². The third-order valence-corrected chi connectivity index (χ3v) is 3.16. The summed E-state index contributed by atoms with van der Waals surface area (Å²) >= 11 is 5.97. The van der Waals surface area contributed by atoms with Crippen molar-refractivity contribution in [2.45, 2.75) is 19.8 Å². The van der Waals surface area contributed by atoms with Gasteiger partial charge in [-0.3, -0.25) is 4.79 Å². The average Bonchev–Trinajstić information content (AvgIpc) is 2.37. The van der Waals surface area contributed by atoms with Gasteiger partial charge in [0, 0.05) is 12.6 Å². The first kappa shape index (κ1) is 12.8. The molecule has 0 atom stereocenters. The summed E-state index contributed by atoms with van der Waals surface area (Å²) in [6, 6.07) is 11.8. The van der Waals surface area contributed by atoms with Crippen LogP contribution in [0.2, 0.25) is 5.15 Å². The number of nitrogens with zero attached hydrogens (tertiary/aromatic N) is 1. The number of aryl methyl sites for hydroxylation is 2. The molecule has 2 nitrogen and oxygen atoms in total. The third kappa shape index (κ3) is 2.96. The van der Waals surface area contributed by atoms with Gasteiger partial charge in [0.25, 0.3) is 0 Å². The fourth-order valence-electron chi connectivity index (χ4n) is 1.89. The van der Waals surface area contributed by atoms with E-state index in [0.29, 0.717) is 17.1 Å². The zero-order valence-electron chi connectivity index (χ0n) is 10.2. The van der Waals surface area contributed by atoms with E-state index in [0.717, 1.165) is 17.5 Å². The lowest BCUT2D eigenvalue weighted by Gasteiger charge is -2.06. The van der Waals surface area contributed by atoms with Crippen LogP contribution in [0.4, 0.5) is 0 Å². The Morgan fingerprint density at radius 2 is 1.94 bits per heavy atom. The summed E-state index contributed by atoms with van der Waals surface area (Å²) in [4.78, 5) is 16.1. The van der Waals surface area contributed by atoms with Crippen LogP contribution in [0.5, 0.6) is 0 Å². The largest absolute Gasteiger partial charge is 0.294 e. The molecule has 3 heteroatoms. The summed E-state index contributed by atoms with van der Waals surface area (Å²) < 4.78 is 0. The molecule has 0 N–H and O–H groups in total. The fraction of sp³-hybridized carbons (Fsp3) is 0.200. The van der Waals surface area contributed by atoms with Gasteiger partial charge < -0.3 is 0 Å². The number of pyridine rings is 1. The fourth-order valence-corrected chi connectivity index (χ4v) is 2.20. The number of carbonyl (C=O) groups excluding carboxylic acids is 1. The van der Waals surface area contributed by atoms with E-state index >= 15 is 0 Å². The summed E-state index contributed by atoms with van der Waals surface area (Å²) in [5, 5.41) is 0.299. The van der Waals surface area contributed by atoms with Gasteiger partial charge in [0.15, 0.2) is 5.78 Å². The molecule has 2 aromatic rings. The molecule has 0 aliphatic carbocycles. The number of halogens is 1. The third-order valence-electron chi connectivity index (χ3n) is 2.88. The number of hydrogen-bond donors (Lipinski definition) is 0. The molecular weight excluding hydrogens is 246 g/mol. The van der Waals surface area contributed by atoms with Gasteiger partial charge >= 0.3 is 0 Å². The smallest absolute Gasteiger partial charge is 0.166 e. The van der Waals surface area contributed by atoms with Crippen LogP contribution >= 0.6 is 11.6 Å². The summed E-state index contributed by atoms with van der Waals surface area (Å²) in [6.07, 6.45) is 2.80. The van der Waals surface area contributed by atoms with Crippen LogP contribution in [0.1, 0.15) is 27.9 Å². The van der Waals surface area contributed by atoms with E-state index < -0.39 is 0 Å². The Hall–Kier alpha value is -1.67. The Balaban J connectivity index is 2.09. The molecule has 0 fully saturated rings. The SMILES string of the molecule is Cc1ccnc(Cl)c1C(=O)CCc1ccccc1. The standard InChI is InChI=1S/C15H14ClNO/c1-11-9-10-17-15(16)14(11)13(18)8-7-12-5-3-2-4-6-12/h2-6,9-10H,7-8H2,1H3. The second-order valence-corrected chi connectivity index (χ2v) is 4.56. The van der Waals surface area contributed by atoms with E-state index in [-0.39, 0.29) is 5.78 Å². The Bertz CT molecular complexity index is 531. The van der Waals surface area contributed by atoms with Gasteiger partial charge in [-0.05, 0) is 30.5 Å². The second kappa shape index (κ2) is 5.78. The monoisotopic (exact) mass is 259 g/mol. The molecule has 0 spiro atoms. The van der Waals surface area contributed by atoms with Crippen LogP contribution in [0.3, 0.4) is 0 Å². The van der Waals surface area contributed by atoms with Crippen molar-refractivity contribution in [3.63, 3.8) is 0 Å². The molecule has 0 saturated heterocycles. The van der Waals surface area contributed by atoms with E-state index in [9.17, 15) is 4.79 Å².